The standard InChI is InChI=1S/C18H23NO2/c1-3-4-5-6-10-19-11-9-16-13-15(7-8-17(16)19)14(2)12-18(20)21/h7-9,11-13H,3-6,10H2,1-2H3,(H,20,21). The molecule has 0 fully saturated rings. The molecule has 3 heteroatoms. The van der Waals surface area contributed by atoms with Gasteiger partial charge in [-0.25, -0.2) is 4.79 Å². The number of aliphatic carboxylic acids is 1. The second-order valence-electron chi connectivity index (χ2n) is 5.51. The lowest BCUT2D eigenvalue weighted by atomic mass is 10.1. The van der Waals surface area contributed by atoms with Crippen molar-refractivity contribution in [2.75, 3.05) is 0 Å². The third kappa shape index (κ3) is 3.97. The number of nitrogens with zero attached hydrogens (tertiary/aromatic N) is 1. The molecule has 0 unspecified atom stereocenters. The highest BCUT2D eigenvalue weighted by Crippen LogP contribution is 2.22. The lowest BCUT2D eigenvalue weighted by Gasteiger charge is -2.06. The van der Waals surface area contributed by atoms with Crippen LogP contribution in [0.1, 0.15) is 45.1 Å². The Hall–Kier alpha value is -2.03. The predicted molar refractivity (Wildman–Crippen MR) is 87.4 cm³/mol. The number of aromatic nitrogens is 1. The van der Waals surface area contributed by atoms with E-state index in [1.165, 1.54) is 42.7 Å². The number of hydrogen-bond acceptors (Lipinski definition) is 1. The Morgan fingerprint density at radius 1 is 1.24 bits per heavy atom. The second-order valence-corrected chi connectivity index (χ2v) is 5.51. The molecular formula is C18H23NO2. The molecule has 0 aliphatic heterocycles. The van der Waals surface area contributed by atoms with Crippen LogP contribution in [0, 0.1) is 0 Å². The van der Waals surface area contributed by atoms with Crippen molar-refractivity contribution in [3.63, 3.8) is 0 Å². The van der Waals surface area contributed by atoms with Gasteiger partial charge in [0.15, 0.2) is 0 Å². The van der Waals surface area contributed by atoms with E-state index in [0.29, 0.717) is 0 Å². The Labute approximate surface area is 125 Å². The zero-order chi connectivity index (χ0) is 15.2. The van der Waals surface area contributed by atoms with Gasteiger partial charge in [-0.1, -0.05) is 32.3 Å². The number of benzene rings is 1. The summed E-state index contributed by atoms with van der Waals surface area (Å²) < 4.78 is 2.28. The second kappa shape index (κ2) is 7.11. The zero-order valence-electron chi connectivity index (χ0n) is 12.8. The molecule has 0 radical (unpaired) electrons. The van der Waals surface area contributed by atoms with Gasteiger partial charge in [0.1, 0.15) is 0 Å². The molecule has 0 aliphatic carbocycles. The van der Waals surface area contributed by atoms with Gasteiger partial charge in [-0.15, -0.1) is 0 Å². The highest BCUT2D eigenvalue weighted by atomic mass is 16.4. The molecule has 1 aromatic heterocycles. The number of rotatable bonds is 7. The first-order chi connectivity index (χ1) is 10.1. The van der Waals surface area contributed by atoms with Crippen molar-refractivity contribution in [2.24, 2.45) is 0 Å². The van der Waals surface area contributed by atoms with E-state index in [-0.39, 0.29) is 0 Å². The fraction of sp³-hybridized carbons (Fsp3) is 0.389. The quantitative estimate of drug-likeness (QED) is 0.591. The van der Waals surface area contributed by atoms with Crippen LogP contribution in [0.5, 0.6) is 0 Å². The predicted octanol–water partition coefficient (Wildman–Crippen LogP) is 4.71. The summed E-state index contributed by atoms with van der Waals surface area (Å²) in [6.45, 7) is 5.10. The molecule has 1 aromatic carbocycles. The van der Waals surface area contributed by atoms with Crippen LogP contribution in [0.15, 0.2) is 36.5 Å². The van der Waals surface area contributed by atoms with Gasteiger partial charge in [-0.05, 0) is 42.7 Å². The highest BCUT2D eigenvalue weighted by Gasteiger charge is 2.04. The van der Waals surface area contributed by atoms with Crippen LogP contribution < -0.4 is 0 Å². The van der Waals surface area contributed by atoms with Crippen LogP contribution in [0.3, 0.4) is 0 Å². The van der Waals surface area contributed by atoms with Crippen LogP contribution in [0.25, 0.3) is 16.5 Å². The number of hydrogen-bond donors (Lipinski definition) is 1. The molecule has 2 aromatic rings. The number of carbonyl (C=O) groups is 1. The minimum Gasteiger partial charge on any atom is -0.478 e. The van der Waals surface area contributed by atoms with Crippen LogP contribution in [-0.4, -0.2) is 15.6 Å². The zero-order valence-corrected chi connectivity index (χ0v) is 12.8. The first-order valence-corrected chi connectivity index (χ1v) is 7.62. The van der Waals surface area contributed by atoms with Gasteiger partial charge in [0.25, 0.3) is 0 Å². The summed E-state index contributed by atoms with van der Waals surface area (Å²) in [5, 5.41) is 9.99. The largest absolute Gasteiger partial charge is 0.478 e. The van der Waals surface area contributed by atoms with Crippen molar-refractivity contribution in [2.45, 2.75) is 46.1 Å². The molecule has 0 atom stereocenters. The molecule has 2 rings (SSSR count). The summed E-state index contributed by atoms with van der Waals surface area (Å²) in [6, 6.07) is 8.25. The highest BCUT2D eigenvalue weighted by molar-refractivity contribution is 5.91. The summed E-state index contributed by atoms with van der Waals surface area (Å²) in [7, 11) is 0. The maximum atomic E-state index is 10.7. The van der Waals surface area contributed by atoms with E-state index in [2.05, 4.69) is 35.9 Å². The minimum absolute atomic E-state index is 0.778. The molecule has 3 nitrogen and oxygen atoms in total. The van der Waals surface area contributed by atoms with Gasteiger partial charge < -0.3 is 9.67 Å². The van der Waals surface area contributed by atoms with Crippen molar-refractivity contribution < 1.29 is 9.90 Å². The van der Waals surface area contributed by atoms with Gasteiger partial charge in [0.2, 0.25) is 0 Å². The first-order valence-electron chi connectivity index (χ1n) is 7.62. The summed E-state index contributed by atoms with van der Waals surface area (Å²) in [4.78, 5) is 10.7. The molecule has 112 valence electrons. The van der Waals surface area contributed by atoms with Crippen LogP contribution in [0.2, 0.25) is 0 Å². The van der Waals surface area contributed by atoms with Gasteiger partial charge in [0.05, 0.1) is 0 Å². The normalized spacial score (nSPS) is 12.0. The van der Waals surface area contributed by atoms with Crippen molar-refractivity contribution >= 4 is 22.4 Å². The van der Waals surface area contributed by atoms with Crippen molar-refractivity contribution in [3.05, 3.63) is 42.1 Å². The summed E-state index contributed by atoms with van der Waals surface area (Å²) >= 11 is 0. The maximum absolute atomic E-state index is 10.7. The van der Waals surface area contributed by atoms with Crippen LogP contribution in [0.4, 0.5) is 0 Å². The van der Waals surface area contributed by atoms with Crippen molar-refractivity contribution in [1.82, 2.24) is 4.57 Å². The number of aryl methyl sites for hydroxylation is 1. The lowest BCUT2D eigenvalue weighted by molar-refractivity contribution is -0.131. The Morgan fingerprint density at radius 2 is 2.05 bits per heavy atom. The Balaban J connectivity index is 2.17. The van der Waals surface area contributed by atoms with Gasteiger partial charge in [-0.2, -0.15) is 0 Å². The van der Waals surface area contributed by atoms with E-state index in [9.17, 15) is 4.79 Å². The average Bonchev–Trinajstić information content (AvgIpc) is 2.85. The number of fused-ring (bicyclic) bond motifs is 1. The minimum atomic E-state index is -0.902. The molecule has 0 amide bonds. The summed E-state index contributed by atoms with van der Waals surface area (Å²) in [5.74, 6) is -0.902. The van der Waals surface area contributed by atoms with Crippen LogP contribution >= 0.6 is 0 Å². The molecule has 0 aliphatic rings. The molecule has 21 heavy (non-hydrogen) atoms. The summed E-state index contributed by atoms with van der Waals surface area (Å²) in [6.07, 6.45) is 8.40. The number of unbranched alkanes of at least 4 members (excludes halogenated alkanes) is 3. The number of carboxylic acid groups (broad SMARTS) is 1. The molecule has 0 spiro atoms. The van der Waals surface area contributed by atoms with E-state index in [0.717, 1.165) is 17.7 Å². The lowest BCUT2D eigenvalue weighted by Crippen LogP contribution is -1.96. The molecule has 0 saturated heterocycles. The van der Waals surface area contributed by atoms with Gasteiger partial charge in [0, 0.05) is 29.7 Å². The van der Waals surface area contributed by atoms with Gasteiger partial charge >= 0.3 is 5.97 Å². The number of allylic oxidation sites excluding steroid dienone is 1. The van der Waals surface area contributed by atoms with E-state index >= 15 is 0 Å². The maximum Gasteiger partial charge on any atom is 0.328 e. The molecule has 1 N–H and O–H groups in total. The monoisotopic (exact) mass is 285 g/mol. The summed E-state index contributed by atoms with van der Waals surface area (Å²) in [5.41, 5.74) is 2.96. The smallest absolute Gasteiger partial charge is 0.328 e. The fourth-order valence-corrected chi connectivity index (χ4v) is 2.62. The molecule has 0 saturated carbocycles. The number of carboxylic acids is 1. The molecule has 1 heterocycles. The topological polar surface area (TPSA) is 42.2 Å². The van der Waals surface area contributed by atoms with E-state index < -0.39 is 5.97 Å². The van der Waals surface area contributed by atoms with Crippen LogP contribution in [-0.2, 0) is 11.3 Å². The Kier molecular flexibility index (Phi) is 5.20. The molecular weight excluding hydrogens is 262 g/mol. The third-order valence-electron chi connectivity index (χ3n) is 3.82. The van der Waals surface area contributed by atoms with Crippen molar-refractivity contribution in [1.29, 1.82) is 0 Å². The van der Waals surface area contributed by atoms with E-state index in [4.69, 9.17) is 5.11 Å². The fourth-order valence-electron chi connectivity index (χ4n) is 2.62. The van der Waals surface area contributed by atoms with Gasteiger partial charge in [-0.3, -0.25) is 0 Å². The average molecular weight is 285 g/mol. The SMILES string of the molecule is CCCCCCn1ccc2cc(C(C)=CC(=O)O)ccc21. The Morgan fingerprint density at radius 3 is 2.76 bits per heavy atom. The first kappa shape index (κ1) is 15.4. The van der Waals surface area contributed by atoms with Crippen molar-refractivity contribution in [3.8, 4) is 0 Å². The third-order valence-corrected chi connectivity index (χ3v) is 3.82. The molecule has 0 bridgehead atoms. The van der Waals surface area contributed by atoms with E-state index in [1.54, 1.807) is 0 Å². The van der Waals surface area contributed by atoms with E-state index in [1.807, 2.05) is 13.0 Å². The Bertz CT molecular complexity index is 652.